The highest BCUT2D eigenvalue weighted by Crippen LogP contribution is 2.16. The quantitative estimate of drug-likeness (QED) is 0.758. The highest BCUT2D eigenvalue weighted by molar-refractivity contribution is 6.29. The van der Waals surface area contributed by atoms with Gasteiger partial charge in [0.05, 0.1) is 0 Å². The predicted octanol–water partition coefficient (Wildman–Crippen LogP) is 2.28. The van der Waals surface area contributed by atoms with Gasteiger partial charge in [-0.15, -0.1) is 0 Å². The number of halogens is 1. The summed E-state index contributed by atoms with van der Waals surface area (Å²) in [7, 11) is 0. The SMILES string of the molecule is Clc1cccc(CC2CCCNC2)n1. The molecule has 1 aliphatic rings. The number of nitrogens with zero attached hydrogens (tertiary/aromatic N) is 1. The molecule has 0 spiro atoms. The number of piperidine rings is 1. The van der Waals surface area contributed by atoms with E-state index in [4.69, 9.17) is 11.6 Å². The normalized spacial score (nSPS) is 22.2. The van der Waals surface area contributed by atoms with E-state index in [0.717, 1.165) is 24.6 Å². The maximum Gasteiger partial charge on any atom is 0.129 e. The molecule has 14 heavy (non-hydrogen) atoms. The van der Waals surface area contributed by atoms with Gasteiger partial charge in [0, 0.05) is 5.69 Å². The van der Waals surface area contributed by atoms with Gasteiger partial charge in [0.15, 0.2) is 0 Å². The molecule has 0 aromatic carbocycles. The molecule has 1 atom stereocenters. The third kappa shape index (κ3) is 2.69. The van der Waals surface area contributed by atoms with Gasteiger partial charge in [-0.25, -0.2) is 4.98 Å². The monoisotopic (exact) mass is 210 g/mol. The molecular weight excluding hydrogens is 196 g/mol. The third-order valence-electron chi connectivity index (χ3n) is 2.67. The van der Waals surface area contributed by atoms with E-state index >= 15 is 0 Å². The van der Waals surface area contributed by atoms with Crippen LogP contribution >= 0.6 is 11.6 Å². The smallest absolute Gasteiger partial charge is 0.129 e. The van der Waals surface area contributed by atoms with Gasteiger partial charge in [-0.2, -0.15) is 0 Å². The van der Waals surface area contributed by atoms with Crippen molar-refractivity contribution < 1.29 is 0 Å². The number of rotatable bonds is 2. The molecule has 2 rings (SSSR count). The molecule has 2 heterocycles. The van der Waals surface area contributed by atoms with Crippen molar-refractivity contribution in [2.45, 2.75) is 19.3 Å². The van der Waals surface area contributed by atoms with E-state index in [9.17, 15) is 0 Å². The van der Waals surface area contributed by atoms with Gasteiger partial charge >= 0.3 is 0 Å². The molecule has 0 aliphatic carbocycles. The Morgan fingerprint density at radius 1 is 1.50 bits per heavy atom. The average Bonchev–Trinajstić information content (AvgIpc) is 2.19. The van der Waals surface area contributed by atoms with Crippen LogP contribution in [-0.4, -0.2) is 18.1 Å². The van der Waals surface area contributed by atoms with Crippen LogP contribution in [0, 0.1) is 5.92 Å². The lowest BCUT2D eigenvalue weighted by Crippen LogP contribution is -2.31. The Bertz CT molecular complexity index is 295. The van der Waals surface area contributed by atoms with Crippen LogP contribution in [0.4, 0.5) is 0 Å². The van der Waals surface area contributed by atoms with E-state index in [1.165, 1.54) is 19.4 Å². The topological polar surface area (TPSA) is 24.9 Å². The first kappa shape index (κ1) is 9.94. The molecule has 2 nitrogen and oxygen atoms in total. The van der Waals surface area contributed by atoms with E-state index in [0.29, 0.717) is 5.15 Å². The summed E-state index contributed by atoms with van der Waals surface area (Å²) in [6.45, 7) is 2.29. The Kier molecular flexibility index (Phi) is 3.38. The molecule has 0 bridgehead atoms. The largest absolute Gasteiger partial charge is 0.316 e. The molecular formula is C11H15ClN2. The van der Waals surface area contributed by atoms with Gasteiger partial charge in [0.2, 0.25) is 0 Å². The molecule has 1 fully saturated rings. The Morgan fingerprint density at radius 2 is 2.43 bits per heavy atom. The summed E-state index contributed by atoms with van der Waals surface area (Å²) < 4.78 is 0. The molecule has 0 radical (unpaired) electrons. The number of nitrogens with one attached hydrogen (secondary N) is 1. The zero-order valence-corrected chi connectivity index (χ0v) is 8.93. The van der Waals surface area contributed by atoms with Crippen molar-refractivity contribution in [3.8, 4) is 0 Å². The van der Waals surface area contributed by atoms with Crippen molar-refractivity contribution >= 4 is 11.6 Å². The summed E-state index contributed by atoms with van der Waals surface area (Å²) in [5, 5.41) is 4.01. The van der Waals surface area contributed by atoms with Crippen LogP contribution in [-0.2, 0) is 6.42 Å². The van der Waals surface area contributed by atoms with Crippen LogP contribution < -0.4 is 5.32 Å². The molecule has 76 valence electrons. The fourth-order valence-electron chi connectivity index (χ4n) is 1.96. The number of hydrogen-bond donors (Lipinski definition) is 1. The third-order valence-corrected chi connectivity index (χ3v) is 2.88. The number of hydrogen-bond acceptors (Lipinski definition) is 2. The van der Waals surface area contributed by atoms with Crippen molar-refractivity contribution in [1.29, 1.82) is 0 Å². The molecule has 1 saturated heterocycles. The van der Waals surface area contributed by atoms with Crippen molar-refractivity contribution in [2.24, 2.45) is 5.92 Å². The zero-order chi connectivity index (χ0) is 9.80. The Hall–Kier alpha value is -0.600. The Labute approximate surface area is 89.7 Å². The fourth-order valence-corrected chi connectivity index (χ4v) is 2.14. The Balaban J connectivity index is 1.95. The van der Waals surface area contributed by atoms with E-state index in [1.54, 1.807) is 0 Å². The molecule has 1 unspecified atom stereocenters. The summed E-state index contributed by atoms with van der Waals surface area (Å²) in [5.41, 5.74) is 1.12. The molecule has 1 N–H and O–H groups in total. The summed E-state index contributed by atoms with van der Waals surface area (Å²) in [5.74, 6) is 0.731. The minimum atomic E-state index is 0.603. The van der Waals surface area contributed by atoms with Crippen molar-refractivity contribution in [3.05, 3.63) is 29.0 Å². The zero-order valence-electron chi connectivity index (χ0n) is 8.17. The minimum Gasteiger partial charge on any atom is -0.316 e. The second-order valence-electron chi connectivity index (χ2n) is 3.87. The van der Waals surface area contributed by atoms with E-state index in [-0.39, 0.29) is 0 Å². The van der Waals surface area contributed by atoms with Gasteiger partial charge in [-0.3, -0.25) is 0 Å². The molecule has 1 aromatic rings. The first-order valence-corrected chi connectivity index (χ1v) is 5.54. The second kappa shape index (κ2) is 4.76. The second-order valence-corrected chi connectivity index (χ2v) is 4.26. The summed E-state index contributed by atoms with van der Waals surface area (Å²) in [6, 6.07) is 5.85. The van der Waals surface area contributed by atoms with Crippen molar-refractivity contribution in [1.82, 2.24) is 10.3 Å². The molecule has 3 heteroatoms. The maximum atomic E-state index is 5.84. The van der Waals surface area contributed by atoms with E-state index < -0.39 is 0 Å². The Morgan fingerprint density at radius 3 is 3.14 bits per heavy atom. The number of pyridine rings is 1. The molecule has 0 amide bonds. The van der Waals surface area contributed by atoms with Crippen LogP contribution in [0.2, 0.25) is 5.15 Å². The summed E-state index contributed by atoms with van der Waals surface area (Å²) in [6.07, 6.45) is 3.64. The minimum absolute atomic E-state index is 0.603. The fraction of sp³-hybridized carbons (Fsp3) is 0.545. The first-order valence-electron chi connectivity index (χ1n) is 5.17. The standard InChI is InChI=1S/C11H15ClN2/c12-11-5-1-4-10(14-11)7-9-3-2-6-13-8-9/h1,4-5,9,13H,2-3,6-8H2. The summed E-state index contributed by atoms with van der Waals surface area (Å²) in [4.78, 5) is 4.30. The van der Waals surface area contributed by atoms with Gasteiger partial charge < -0.3 is 5.32 Å². The van der Waals surface area contributed by atoms with Crippen LogP contribution in [0.1, 0.15) is 18.5 Å². The van der Waals surface area contributed by atoms with Gasteiger partial charge in [0.1, 0.15) is 5.15 Å². The van der Waals surface area contributed by atoms with Crippen LogP contribution in [0.25, 0.3) is 0 Å². The van der Waals surface area contributed by atoms with E-state index in [2.05, 4.69) is 16.4 Å². The molecule has 1 aliphatic heterocycles. The van der Waals surface area contributed by atoms with Crippen molar-refractivity contribution in [3.63, 3.8) is 0 Å². The number of aromatic nitrogens is 1. The van der Waals surface area contributed by atoms with Crippen LogP contribution in [0.3, 0.4) is 0 Å². The molecule has 1 aromatic heterocycles. The average molecular weight is 211 g/mol. The summed E-state index contributed by atoms with van der Waals surface area (Å²) >= 11 is 5.84. The maximum absolute atomic E-state index is 5.84. The lowest BCUT2D eigenvalue weighted by atomic mass is 9.94. The molecule has 0 saturated carbocycles. The predicted molar refractivity (Wildman–Crippen MR) is 58.5 cm³/mol. The van der Waals surface area contributed by atoms with Crippen molar-refractivity contribution in [2.75, 3.05) is 13.1 Å². The van der Waals surface area contributed by atoms with E-state index in [1.807, 2.05) is 12.1 Å². The van der Waals surface area contributed by atoms with Crippen LogP contribution in [0.5, 0.6) is 0 Å². The highest BCUT2D eigenvalue weighted by atomic mass is 35.5. The van der Waals surface area contributed by atoms with Crippen LogP contribution in [0.15, 0.2) is 18.2 Å². The van der Waals surface area contributed by atoms with Gasteiger partial charge in [-0.05, 0) is 50.4 Å². The highest BCUT2D eigenvalue weighted by Gasteiger charge is 2.13. The van der Waals surface area contributed by atoms with Gasteiger partial charge in [-0.1, -0.05) is 17.7 Å². The van der Waals surface area contributed by atoms with Gasteiger partial charge in [0.25, 0.3) is 0 Å². The lowest BCUT2D eigenvalue weighted by Gasteiger charge is -2.22. The first-order chi connectivity index (χ1) is 6.84. The lowest BCUT2D eigenvalue weighted by molar-refractivity contribution is 0.373.